The van der Waals surface area contributed by atoms with Crippen LogP contribution in [0.3, 0.4) is 0 Å². The molecule has 0 rings (SSSR count). The summed E-state index contributed by atoms with van der Waals surface area (Å²) in [5.74, 6) is 0.206. The molecular weight excluding hydrogens is 242 g/mol. The lowest BCUT2D eigenvalue weighted by molar-refractivity contribution is -0.130. The van der Waals surface area contributed by atoms with Crippen molar-refractivity contribution in [3.05, 3.63) is 0 Å². The van der Waals surface area contributed by atoms with Gasteiger partial charge in [0, 0.05) is 26.6 Å². The summed E-state index contributed by atoms with van der Waals surface area (Å²) in [4.78, 5) is 13.6. The Balaban J connectivity index is 3.46. The highest BCUT2D eigenvalue weighted by atomic mass is 16.5. The van der Waals surface area contributed by atoms with Crippen molar-refractivity contribution < 1.29 is 14.3 Å². The summed E-state index contributed by atoms with van der Waals surface area (Å²) in [6.07, 6.45) is 4.17. The molecule has 0 N–H and O–H groups in total. The van der Waals surface area contributed by atoms with E-state index in [1.165, 1.54) is 0 Å². The first-order valence-corrected chi connectivity index (χ1v) is 7.40. The lowest BCUT2D eigenvalue weighted by Crippen LogP contribution is -2.30. The molecule has 0 aliphatic rings. The number of nitrogens with zero attached hydrogens (tertiary/aromatic N) is 1. The van der Waals surface area contributed by atoms with Crippen LogP contribution in [0.1, 0.15) is 53.4 Å². The lowest BCUT2D eigenvalue weighted by Gasteiger charge is -2.18. The van der Waals surface area contributed by atoms with Gasteiger partial charge in [0.25, 0.3) is 0 Å². The smallest absolute Gasteiger partial charge is 0.222 e. The van der Waals surface area contributed by atoms with E-state index in [0.29, 0.717) is 25.7 Å². The summed E-state index contributed by atoms with van der Waals surface area (Å²) in [6.45, 7) is 10.2. The Morgan fingerprint density at radius 3 is 2.11 bits per heavy atom. The summed E-state index contributed by atoms with van der Waals surface area (Å²) in [7, 11) is 1.84. The van der Waals surface area contributed by atoms with Crippen molar-refractivity contribution >= 4 is 5.91 Å². The molecule has 0 aromatic carbocycles. The summed E-state index contributed by atoms with van der Waals surface area (Å²) >= 11 is 0. The van der Waals surface area contributed by atoms with Crippen molar-refractivity contribution in [2.75, 3.05) is 26.8 Å². The van der Waals surface area contributed by atoms with E-state index in [4.69, 9.17) is 9.47 Å². The molecule has 19 heavy (non-hydrogen) atoms. The Hall–Kier alpha value is -0.610. The fourth-order valence-electron chi connectivity index (χ4n) is 1.61. The van der Waals surface area contributed by atoms with E-state index in [0.717, 1.165) is 25.9 Å². The highest BCUT2D eigenvalue weighted by molar-refractivity contribution is 5.75. The molecule has 4 nitrogen and oxygen atoms in total. The van der Waals surface area contributed by atoms with E-state index in [2.05, 4.69) is 0 Å². The molecule has 0 aliphatic carbocycles. The molecule has 0 aliphatic heterocycles. The SMILES string of the molecule is CC(C)OCCCCCC(=O)N(C)CCOC(C)C. The van der Waals surface area contributed by atoms with Crippen LogP contribution in [0, 0.1) is 0 Å². The van der Waals surface area contributed by atoms with Crippen LogP contribution in [-0.4, -0.2) is 49.8 Å². The van der Waals surface area contributed by atoms with Gasteiger partial charge in [0.1, 0.15) is 0 Å². The number of hydrogen-bond donors (Lipinski definition) is 0. The molecule has 114 valence electrons. The molecular formula is C15H31NO3. The van der Waals surface area contributed by atoms with Gasteiger partial charge < -0.3 is 14.4 Å². The van der Waals surface area contributed by atoms with Gasteiger partial charge in [-0.05, 0) is 40.5 Å². The van der Waals surface area contributed by atoms with Crippen LogP contribution < -0.4 is 0 Å². The van der Waals surface area contributed by atoms with Crippen LogP contribution in [0.25, 0.3) is 0 Å². The minimum atomic E-state index is 0.206. The molecule has 0 aromatic rings. The van der Waals surface area contributed by atoms with Gasteiger partial charge in [0.15, 0.2) is 0 Å². The molecule has 0 heterocycles. The second kappa shape index (κ2) is 11.2. The van der Waals surface area contributed by atoms with Crippen molar-refractivity contribution in [3.8, 4) is 0 Å². The first-order chi connectivity index (χ1) is 8.93. The van der Waals surface area contributed by atoms with Crippen LogP contribution in [-0.2, 0) is 14.3 Å². The van der Waals surface area contributed by atoms with E-state index in [9.17, 15) is 4.79 Å². The van der Waals surface area contributed by atoms with Gasteiger partial charge in [-0.25, -0.2) is 0 Å². The molecule has 0 radical (unpaired) electrons. The molecule has 4 heteroatoms. The Bertz CT molecular complexity index is 229. The van der Waals surface area contributed by atoms with E-state index in [1.807, 2.05) is 34.7 Å². The summed E-state index contributed by atoms with van der Waals surface area (Å²) in [5.41, 5.74) is 0. The minimum absolute atomic E-state index is 0.206. The summed E-state index contributed by atoms with van der Waals surface area (Å²) in [6, 6.07) is 0. The van der Waals surface area contributed by atoms with E-state index >= 15 is 0 Å². The summed E-state index contributed by atoms with van der Waals surface area (Å²) < 4.78 is 10.9. The molecule has 0 saturated heterocycles. The zero-order chi connectivity index (χ0) is 14.7. The number of rotatable bonds is 11. The van der Waals surface area contributed by atoms with Gasteiger partial charge in [-0.2, -0.15) is 0 Å². The third-order valence-corrected chi connectivity index (χ3v) is 2.79. The van der Waals surface area contributed by atoms with Crippen molar-refractivity contribution in [2.24, 2.45) is 0 Å². The Labute approximate surface area is 118 Å². The zero-order valence-electron chi connectivity index (χ0n) is 13.3. The lowest BCUT2D eigenvalue weighted by atomic mass is 10.2. The van der Waals surface area contributed by atoms with Crippen molar-refractivity contribution in [2.45, 2.75) is 65.6 Å². The van der Waals surface area contributed by atoms with Crippen molar-refractivity contribution in [1.82, 2.24) is 4.90 Å². The van der Waals surface area contributed by atoms with Gasteiger partial charge in [0.2, 0.25) is 5.91 Å². The van der Waals surface area contributed by atoms with E-state index in [-0.39, 0.29) is 12.0 Å². The highest BCUT2D eigenvalue weighted by Gasteiger charge is 2.08. The van der Waals surface area contributed by atoms with Crippen molar-refractivity contribution in [3.63, 3.8) is 0 Å². The minimum Gasteiger partial charge on any atom is -0.379 e. The number of ether oxygens (including phenoxy) is 2. The van der Waals surface area contributed by atoms with Gasteiger partial charge in [-0.3, -0.25) is 4.79 Å². The molecule has 0 atom stereocenters. The maximum atomic E-state index is 11.8. The molecule has 0 bridgehead atoms. The van der Waals surface area contributed by atoms with Crippen molar-refractivity contribution in [1.29, 1.82) is 0 Å². The number of carbonyl (C=O) groups excluding carboxylic acids is 1. The fraction of sp³-hybridized carbons (Fsp3) is 0.933. The van der Waals surface area contributed by atoms with Crippen LogP contribution in [0.5, 0.6) is 0 Å². The Kier molecular flexibility index (Phi) is 10.9. The average Bonchev–Trinajstić information content (AvgIpc) is 2.32. The molecule has 0 saturated carbocycles. The second-order valence-corrected chi connectivity index (χ2v) is 5.47. The highest BCUT2D eigenvalue weighted by Crippen LogP contribution is 2.04. The first kappa shape index (κ1) is 18.4. The maximum Gasteiger partial charge on any atom is 0.222 e. The number of unbranched alkanes of at least 4 members (excludes halogenated alkanes) is 2. The third-order valence-electron chi connectivity index (χ3n) is 2.79. The standard InChI is InChI=1S/C15H31NO3/c1-13(2)18-11-8-6-7-9-15(17)16(5)10-12-19-14(3)4/h13-14H,6-12H2,1-5H3. The first-order valence-electron chi connectivity index (χ1n) is 7.40. The monoisotopic (exact) mass is 273 g/mol. The van der Waals surface area contributed by atoms with Crippen LogP contribution >= 0.6 is 0 Å². The quantitative estimate of drug-likeness (QED) is 0.543. The van der Waals surface area contributed by atoms with Crippen LogP contribution in [0.2, 0.25) is 0 Å². The Morgan fingerprint density at radius 1 is 0.947 bits per heavy atom. The van der Waals surface area contributed by atoms with Crippen LogP contribution in [0.15, 0.2) is 0 Å². The van der Waals surface area contributed by atoms with Gasteiger partial charge >= 0.3 is 0 Å². The predicted molar refractivity (Wildman–Crippen MR) is 78.3 cm³/mol. The number of hydrogen-bond acceptors (Lipinski definition) is 3. The Morgan fingerprint density at radius 2 is 1.53 bits per heavy atom. The van der Waals surface area contributed by atoms with Gasteiger partial charge in [-0.1, -0.05) is 6.42 Å². The fourth-order valence-corrected chi connectivity index (χ4v) is 1.61. The molecule has 1 amide bonds. The normalized spacial score (nSPS) is 11.3. The van der Waals surface area contributed by atoms with E-state index < -0.39 is 0 Å². The molecule has 0 unspecified atom stereocenters. The molecule has 0 aromatic heterocycles. The van der Waals surface area contributed by atoms with Crippen LogP contribution in [0.4, 0.5) is 0 Å². The molecule has 0 spiro atoms. The van der Waals surface area contributed by atoms with Gasteiger partial charge in [0.05, 0.1) is 18.8 Å². The largest absolute Gasteiger partial charge is 0.379 e. The predicted octanol–water partition coefficient (Wildman–Crippen LogP) is 2.86. The number of amides is 1. The second-order valence-electron chi connectivity index (χ2n) is 5.47. The van der Waals surface area contributed by atoms with E-state index in [1.54, 1.807) is 4.90 Å². The topological polar surface area (TPSA) is 38.8 Å². The summed E-state index contributed by atoms with van der Waals surface area (Å²) in [5, 5.41) is 0. The third kappa shape index (κ3) is 12.2. The number of carbonyl (C=O) groups is 1. The zero-order valence-corrected chi connectivity index (χ0v) is 13.3. The maximum absolute atomic E-state index is 11.8. The van der Waals surface area contributed by atoms with Gasteiger partial charge in [-0.15, -0.1) is 0 Å². The molecule has 0 fully saturated rings. The number of likely N-dealkylation sites (N-methyl/N-ethyl adjacent to an activating group) is 1. The average molecular weight is 273 g/mol.